The van der Waals surface area contributed by atoms with E-state index in [9.17, 15) is 4.39 Å². The monoisotopic (exact) mass is 342 g/mol. The molecule has 3 aromatic rings. The Labute approximate surface area is 146 Å². The van der Waals surface area contributed by atoms with Crippen molar-refractivity contribution in [2.24, 2.45) is 0 Å². The average molecular weight is 342 g/mol. The molecule has 2 aromatic heterocycles. The molecule has 0 amide bonds. The maximum absolute atomic E-state index is 13.1. The smallest absolute Gasteiger partial charge is 0.152 e. The summed E-state index contributed by atoms with van der Waals surface area (Å²) in [5.41, 5.74) is 3.02. The SMILES string of the molecule is Cc1ccc(-c2[nH]ncc2CNCC(c2ccc(F)cc2)N(C)C)o1. The highest BCUT2D eigenvalue weighted by atomic mass is 19.1. The topological polar surface area (TPSA) is 57.1 Å². The van der Waals surface area contributed by atoms with Gasteiger partial charge in [0.05, 0.1) is 6.20 Å². The van der Waals surface area contributed by atoms with E-state index in [4.69, 9.17) is 4.42 Å². The van der Waals surface area contributed by atoms with Gasteiger partial charge in [-0.1, -0.05) is 12.1 Å². The van der Waals surface area contributed by atoms with Crippen molar-refractivity contribution in [3.8, 4) is 11.5 Å². The molecule has 0 aliphatic carbocycles. The van der Waals surface area contributed by atoms with Crippen LogP contribution in [-0.2, 0) is 6.54 Å². The van der Waals surface area contributed by atoms with E-state index >= 15 is 0 Å². The number of H-pyrrole nitrogens is 1. The normalized spacial score (nSPS) is 12.7. The molecule has 2 N–H and O–H groups in total. The molecule has 0 aliphatic rings. The second-order valence-electron chi connectivity index (χ2n) is 6.34. The molecule has 3 rings (SSSR count). The van der Waals surface area contributed by atoms with Crippen LogP contribution in [0.3, 0.4) is 0 Å². The summed E-state index contributed by atoms with van der Waals surface area (Å²) < 4.78 is 18.8. The fourth-order valence-corrected chi connectivity index (χ4v) is 2.85. The lowest BCUT2D eigenvalue weighted by Gasteiger charge is -2.25. The minimum Gasteiger partial charge on any atom is -0.460 e. The predicted octanol–water partition coefficient (Wildman–Crippen LogP) is 3.51. The van der Waals surface area contributed by atoms with Crippen molar-refractivity contribution in [3.05, 3.63) is 65.3 Å². The number of hydrogen-bond acceptors (Lipinski definition) is 4. The summed E-state index contributed by atoms with van der Waals surface area (Å²) in [7, 11) is 4.04. The highest BCUT2D eigenvalue weighted by Crippen LogP contribution is 2.23. The molecular formula is C19H23FN4O. The van der Waals surface area contributed by atoms with Crippen LogP contribution in [0.1, 0.15) is 22.9 Å². The van der Waals surface area contributed by atoms with Gasteiger partial charge in [0, 0.05) is 24.7 Å². The molecule has 1 atom stereocenters. The highest BCUT2D eigenvalue weighted by molar-refractivity contribution is 5.56. The molecule has 25 heavy (non-hydrogen) atoms. The van der Waals surface area contributed by atoms with Crippen LogP contribution in [0, 0.1) is 12.7 Å². The van der Waals surface area contributed by atoms with Gasteiger partial charge in [-0.3, -0.25) is 5.10 Å². The number of rotatable bonds is 7. The number of hydrogen-bond donors (Lipinski definition) is 2. The Balaban J connectivity index is 1.65. The summed E-state index contributed by atoms with van der Waals surface area (Å²) >= 11 is 0. The van der Waals surface area contributed by atoms with E-state index in [0.29, 0.717) is 6.54 Å². The van der Waals surface area contributed by atoms with Crippen LogP contribution in [0.25, 0.3) is 11.5 Å². The van der Waals surface area contributed by atoms with Crippen molar-refractivity contribution >= 4 is 0 Å². The van der Waals surface area contributed by atoms with Gasteiger partial charge >= 0.3 is 0 Å². The summed E-state index contributed by atoms with van der Waals surface area (Å²) in [5.74, 6) is 1.44. The van der Waals surface area contributed by atoms with Crippen LogP contribution in [0.5, 0.6) is 0 Å². The number of aromatic amines is 1. The lowest BCUT2D eigenvalue weighted by Crippen LogP contribution is -2.30. The first kappa shape index (κ1) is 17.4. The molecule has 1 unspecified atom stereocenters. The molecule has 2 heterocycles. The average Bonchev–Trinajstić information content (AvgIpc) is 3.21. The Bertz CT molecular complexity index is 807. The second kappa shape index (κ2) is 7.63. The van der Waals surface area contributed by atoms with E-state index in [2.05, 4.69) is 20.4 Å². The van der Waals surface area contributed by atoms with Gasteiger partial charge in [0.1, 0.15) is 17.3 Å². The number of benzene rings is 1. The fraction of sp³-hybridized carbons (Fsp3) is 0.316. The molecule has 0 bridgehead atoms. The van der Waals surface area contributed by atoms with E-state index in [1.165, 1.54) is 12.1 Å². The van der Waals surface area contributed by atoms with Crippen molar-refractivity contribution in [3.63, 3.8) is 0 Å². The van der Waals surface area contributed by atoms with Crippen LogP contribution in [0.4, 0.5) is 4.39 Å². The first-order chi connectivity index (χ1) is 12.0. The zero-order chi connectivity index (χ0) is 17.8. The Kier molecular flexibility index (Phi) is 5.31. The largest absolute Gasteiger partial charge is 0.460 e. The van der Waals surface area contributed by atoms with E-state index in [1.807, 2.05) is 51.5 Å². The third-order valence-corrected chi connectivity index (χ3v) is 4.24. The molecule has 0 aliphatic heterocycles. The molecule has 0 saturated carbocycles. The summed E-state index contributed by atoms with van der Waals surface area (Å²) in [4.78, 5) is 2.12. The molecule has 0 spiro atoms. The molecular weight excluding hydrogens is 319 g/mol. The number of aromatic nitrogens is 2. The van der Waals surface area contributed by atoms with Gasteiger partial charge in [-0.25, -0.2) is 4.39 Å². The van der Waals surface area contributed by atoms with Gasteiger partial charge in [0.15, 0.2) is 5.76 Å². The number of furan rings is 1. The van der Waals surface area contributed by atoms with Gasteiger partial charge in [-0.2, -0.15) is 5.10 Å². The third-order valence-electron chi connectivity index (χ3n) is 4.24. The first-order valence-electron chi connectivity index (χ1n) is 8.26. The molecule has 0 radical (unpaired) electrons. The van der Waals surface area contributed by atoms with Gasteiger partial charge < -0.3 is 14.6 Å². The van der Waals surface area contributed by atoms with Crippen molar-refractivity contribution in [2.75, 3.05) is 20.6 Å². The molecule has 0 fully saturated rings. The van der Waals surface area contributed by atoms with Crippen LogP contribution >= 0.6 is 0 Å². The number of halogens is 1. The summed E-state index contributed by atoms with van der Waals surface area (Å²) in [6, 6.07) is 10.7. The van der Waals surface area contributed by atoms with Crippen molar-refractivity contribution < 1.29 is 8.81 Å². The maximum atomic E-state index is 13.1. The molecule has 0 saturated heterocycles. The molecule has 132 valence electrons. The number of aryl methyl sites for hydroxylation is 1. The number of nitrogens with zero attached hydrogens (tertiary/aromatic N) is 2. The van der Waals surface area contributed by atoms with Crippen molar-refractivity contribution in [1.29, 1.82) is 0 Å². The van der Waals surface area contributed by atoms with Gasteiger partial charge in [0.25, 0.3) is 0 Å². The van der Waals surface area contributed by atoms with Gasteiger partial charge in [-0.15, -0.1) is 0 Å². The van der Waals surface area contributed by atoms with E-state index < -0.39 is 0 Å². The minimum atomic E-state index is -0.217. The zero-order valence-corrected chi connectivity index (χ0v) is 14.7. The summed E-state index contributed by atoms with van der Waals surface area (Å²) in [6.07, 6.45) is 1.81. The van der Waals surface area contributed by atoms with Crippen LogP contribution in [0.15, 0.2) is 47.0 Å². The van der Waals surface area contributed by atoms with E-state index in [0.717, 1.165) is 34.9 Å². The second-order valence-corrected chi connectivity index (χ2v) is 6.34. The molecule has 5 nitrogen and oxygen atoms in total. The van der Waals surface area contributed by atoms with Crippen LogP contribution in [-0.4, -0.2) is 35.7 Å². The fourth-order valence-electron chi connectivity index (χ4n) is 2.85. The summed E-state index contributed by atoms with van der Waals surface area (Å²) in [5, 5.41) is 10.6. The first-order valence-corrected chi connectivity index (χ1v) is 8.26. The summed E-state index contributed by atoms with van der Waals surface area (Å²) in [6.45, 7) is 3.32. The lowest BCUT2D eigenvalue weighted by molar-refractivity contribution is 0.288. The van der Waals surface area contributed by atoms with Gasteiger partial charge in [-0.05, 0) is 50.8 Å². The van der Waals surface area contributed by atoms with Crippen molar-refractivity contribution in [1.82, 2.24) is 20.4 Å². The highest BCUT2D eigenvalue weighted by Gasteiger charge is 2.15. The van der Waals surface area contributed by atoms with E-state index in [1.54, 1.807) is 0 Å². The van der Waals surface area contributed by atoms with Crippen molar-refractivity contribution in [2.45, 2.75) is 19.5 Å². The minimum absolute atomic E-state index is 0.154. The van der Waals surface area contributed by atoms with Gasteiger partial charge in [0.2, 0.25) is 0 Å². The zero-order valence-electron chi connectivity index (χ0n) is 14.7. The van der Waals surface area contributed by atoms with E-state index in [-0.39, 0.29) is 11.9 Å². The number of nitrogens with one attached hydrogen (secondary N) is 2. The van der Waals surface area contributed by atoms with Crippen LogP contribution < -0.4 is 5.32 Å². The Morgan fingerprint density at radius 1 is 1.20 bits per heavy atom. The maximum Gasteiger partial charge on any atom is 0.152 e. The molecule has 6 heteroatoms. The Morgan fingerprint density at radius 3 is 2.60 bits per heavy atom. The van der Waals surface area contributed by atoms with Crippen LogP contribution in [0.2, 0.25) is 0 Å². The lowest BCUT2D eigenvalue weighted by atomic mass is 10.1. The molecule has 1 aromatic carbocycles. The third kappa shape index (κ3) is 4.15. The standard InChI is InChI=1S/C19H23FN4O/c1-13-4-9-18(25-13)19-15(11-22-23-19)10-21-12-17(24(2)3)14-5-7-16(20)8-6-14/h4-9,11,17,21H,10,12H2,1-3H3,(H,22,23). The Hall–Kier alpha value is -2.44. The quantitative estimate of drug-likeness (QED) is 0.690. The predicted molar refractivity (Wildman–Crippen MR) is 95.6 cm³/mol. The number of likely N-dealkylation sites (N-methyl/N-ethyl adjacent to an activating group) is 1. The Morgan fingerprint density at radius 2 is 1.96 bits per heavy atom.